The molecule has 0 heterocycles. The van der Waals surface area contributed by atoms with Crippen molar-refractivity contribution in [1.29, 1.82) is 0 Å². The minimum atomic E-state index is 0.266. The smallest absolute Gasteiger partial charge is 0.0961 e. The van der Waals surface area contributed by atoms with Gasteiger partial charge in [-0.25, -0.2) is 9.78 Å². The molecule has 0 saturated heterocycles. The van der Waals surface area contributed by atoms with Crippen LogP contribution in [0.5, 0.6) is 0 Å². The Hall–Kier alpha value is -0.120. The molecule has 2 saturated carbocycles. The normalized spacial score (nSPS) is 25.6. The SMILES string of the molecule is C1CCC(OOOC2CCCCC2)CC1. The van der Waals surface area contributed by atoms with E-state index in [2.05, 4.69) is 0 Å². The van der Waals surface area contributed by atoms with Gasteiger partial charge in [-0.15, -0.1) is 0 Å². The third-order valence-corrected chi connectivity index (χ3v) is 3.46. The van der Waals surface area contributed by atoms with Gasteiger partial charge in [0.2, 0.25) is 0 Å². The summed E-state index contributed by atoms with van der Waals surface area (Å²) in [6, 6.07) is 0. The van der Waals surface area contributed by atoms with Crippen molar-refractivity contribution in [3.8, 4) is 0 Å². The second-order valence-corrected chi connectivity index (χ2v) is 4.78. The molecule has 0 aromatic rings. The second-order valence-electron chi connectivity index (χ2n) is 4.78. The van der Waals surface area contributed by atoms with Crippen LogP contribution in [0, 0.1) is 0 Å². The molecule has 88 valence electrons. The molecule has 0 atom stereocenters. The van der Waals surface area contributed by atoms with Gasteiger partial charge in [0.05, 0.1) is 12.2 Å². The van der Waals surface area contributed by atoms with E-state index in [0.29, 0.717) is 0 Å². The van der Waals surface area contributed by atoms with E-state index < -0.39 is 0 Å². The summed E-state index contributed by atoms with van der Waals surface area (Å²) in [6.45, 7) is 0. The van der Waals surface area contributed by atoms with Crippen molar-refractivity contribution in [2.24, 2.45) is 0 Å². The Morgan fingerprint density at radius 2 is 0.933 bits per heavy atom. The van der Waals surface area contributed by atoms with Crippen molar-refractivity contribution in [2.75, 3.05) is 0 Å². The summed E-state index contributed by atoms with van der Waals surface area (Å²) in [5.41, 5.74) is 0. The molecule has 0 bridgehead atoms. The molecule has 0 aromatic heterocycles. The number of hydrogen-bond donors (Lipinski definition) is 0. The highest BCUT2D eigenvalue weighted by Gasteiger charge is 2.18. The molecule has 3 heteroatoms. The highest BCUT2D eigenvalue weighted by atomic mass is 17.5. The van der Waals surface area contributed by atoms with Gasteiger partial charge in [0.1, 0.15) is 0 Å². The maximum absolute atomic E-state index is 5.26. The van der Waals surface area contributed by atoms with Gasteiger partial charge >= 0.3 is 0 Å². The Morgan fingerprint density at radius 1 is 0.533 bits per heavy atom. The van der Waals surface area contributed by atoms with Crippen LogP contribution in [0.2, 0.25) is 0 Å². The van der Waals surface area contributed by atoms with Crippen molar-refractivity contribution in [1.82, 2.24) is 0 Å². The molecule has 0 unspecified atom stereocenters. The Labute approximate surface area is 91.9 Å². The lowest BCUT2D eigenvalue weighted by atomic mass is 9.98. The van der Waals surface area contributed by atoms with Crippen LogP contribution in [0.1, 0.15) is 64.2 Å². The average molecular weight is 214 g/mol. The molecule has 0 aliphatic heterocycles. The van der Waals surface area contributed by atoms with Gasteiger partial charge in [0, 0.05) is 0 Å². The number of rotatable bonds is 4. The molecule has 0 N–H and O–H groups in total. The lowest BCUT2D eigenvalue weighted by molar-refractivity contribution is -0.541. The fraction of sp³-hybridized carbons (Fsp3) is 1.00. The van der Waals surface area contributed by atoms with Crippen molar-refractivity contribution in [2.45, 2.75) is 76.4 Å². The van der Waals surface area contributed by atoms with Crippen molar-refractivity contribution >= 4 is 0 Å². The van der Waals surface area contributed by atoms with E-state index in [4.69, 9.17) is 14.8 Å². The standard InChI is InChI=1S/C12H22O3/c1-3-7-11(8-4-1)13-15-14-12-9-5-2-6-10-12/h11-12H,1-10H2. The second kappa shape index (κ2) is 6.46. The fourth-order valence-electron chi connectivity index (χ4n) is 2.46. The summed E-state index contributed by atoms with van der Waals surface area (Å²) >= 11 is 0. The Kier molecular flexibility index (Phi) is 4.90. The highest BCUT2D eigenvalue weighted by Crippen LogP contribution is 2.23. The monoisotopic (exact) mass is 214 g/mol. The van der Waals surface area contributed by atoms with E-state index in [0.717, 1.165) is 25.7 Å². The molecule has 15 heavy (non-hydrogen) atoms. The Balaban J connectivity index is 1.53. The van der Waals surface area contributed by atoms with Crippen molar-refractivity contribution in [3.05, 3.63) is 0 Å². The summed E-state index contributed by atoms with van der Waals surface area (Å²) in [5, 5.41) is 4.91. The van der Waals surface area contributed by atoms with E-state index in [1.807, 2.05) is 0 Å². The van der Waals surface area contributed by atoms with E-state index in [1.54, 1.807) is 0 Å². The molecule has 0 spiro atoms. The fourth-order valence-corrected chi connectivity index (χ4v) is 2.46. The van der Waals surface area contributed by atoms with Gasteiger partial charge in [-0.3, -0.25) is 0 Å². The van der Waals surface area contributed by atoms with Crippen LogP contribution in [0.15, 0.2) is 0 Å². The Morgan fingerprint density at radius 3 is 1.33 bits per heavy atom. The van der Waals surface area contributed by atoms with Crippen LogP contribution in [0.3, 0.4) is 0 Å². The molecule has 0 radical (unpaired) electrons. The summed E-state index contributed by atoms with van der Waals surface area (Å²) in [4.78, 5) is 10.5. The summed E-state index contributed by atoms with van der Waals surface area (Å²) in [6.07, 6.45) is 12.7. The van der Waals surface area contributed by atoms with Crippen LogP contribution < -0.4 is 0 Å². The summed E-state index contributed by atoms with van der Waals surface area (Å²) in [5.74, 6) is 0. The Bertz CT molecular complexity index is 142. The third-order valence-electron chi connectivity index (χ3n) is 3.46. The van der Waals surface area contributed by atoms with Gasteiger partial charge in [-0.05, 0) is 25.7 Å². The van der Waals surface area contributed by atoms with Gasteiger partial charge in [-0.2, -0.15) is 0 Å². The maximum Gasteiger partial charge on any atom is 0.0961 e. The van der Waals surface area contributed by atoms with Crippen molar-refractivity contribution in [3.63, 3.8) is 0 Å². The molecule has 0 amide bonds. The lowest BCUT2D eigenvalue weighted by Crippen LogP contribution is -2.21. The van der Waals surface area contributed by atoms with E-state index >= 15 is 0 Å². The maximum atomic E-state index is 5.26. The van der Waals surface area contributed by atoms with Gasteiger partial charge in [0.15, 0.2) is 0 Å². The first-order valence-corrected chi connectivity index (χ1v) is 6.44. The topological polar surface area (TPSA) is 27.7 Å². The average Bonchev–Trinajstić information content (AvgIpc) is 2.32. The predicted octanol–water partition coefficient (Wildman–Crippen LogP) is 3.53. The number of hydrogen-bond acceptors (Lipinski definition) is 3. The molecule has 2 aliphatic carbocycles. The van der Waals surface area contributed by atoms with Crippen LogP contribution in [-0.4, -0.2) is 12.2 Å². The predicted molar refractivity (Wildman–Crippen MR) is 57.0 cm³/mol. The van der Waals surface area contributed by atoms with Gasteiger partial charge in [-0.1, -0.05) is 43.6 Å². The van der Waals surface area contributed by atoms with Gasteiger partial charge in [0.25, 0.3) is 0 Å². The molecule has 2 aliphatic rings. The van der Waals surface area contributed by atoms with Crippen LogP contribution >= 0.6 is 0 Å². The van der Waals surface area contributed by atoms with Gasteiger partial charge < -0.3 is 0 Å². The largest absolute Gasteiger partial charge is 0.203 e. The summed E-state index contributed by atoms with van der Waals surface area (Å²) in [7, 11) is 0. The zero-order valence-corrected chi connectivity index (χ0v) is 9.45. The molecule has 2 fully saturated rings. The first kappa shape index (κ1) is 11.4. The van der Waals surface area contributed by atoms with E-state index in [1.165, 1.54) is 38.5 Å². The zero-order chi connectivity index (χ0) is 10.3. The molecule has 2 rings (SSSR count). The molecular weight excluding hydrogens is 192 g/mol. The first-order valence-electron chi connectivity index (χ1n) is 6.44. The lowest BCUT2D eigenvalue weighted by Gasteiger charge is -2.23. The minimum Gasteiger partial charge on any atom is -0.203 e. The van der Waals surface area contributed by atoms with Crippen LogP contribution in [0.25, 0.3) is 0 Å². The molecule has 0 aromatic carbocycles. The molecular formula is C12H22O3. The zero-order valence-electron chi connectivity index (χ0n) is 9.45. The first-order chi connectivity index (χ1) is 7.45. The third kappa shape index (κ3) is 4.09. The van der Waals surface area contributed by atoms with E-state index in [9.17, 15) is 0 Å². The quantitative estimate of drug-likeness (QED) is 0.529. The van der Waals surface area contributed by atoms with Crippen LogP contribution in [0.4, 0.5) is 0 Å². The summed E-state index contributed by atoms with van der Waals surface area (Å²) < 4.78 is 0. The molecule has 3 nitrogen and oxygen atoms in total. The highest BCUT2D eigenvalue weighted by molar-refractivity contribution is 4.64. The van der Waals surface area contributed by atoms with Crippen molar-refractivity contribution < 1.29 is 14.8 Å². The van der Waals surface area contributed by atoms with Crippen LogP contribution in [-0.2, 0) is 14.8 Å². The minimum absolute atomic E-state index is 0.266. The van der Waals surface area contributed by atoms with E-state index in [-0.39, 0.29) is 12.2 Å².